The summed E-state index contributed by atoms with van der Waals surface area (Å²) in [7, 11) is 1.96. The maximum Gasteiger partial charge on any atom is 0.335 e. The molecular weight excluding hydrogens is 476 g/mol. The van der Waals surface area contributed by atoms with Gasteiger partial charge in [-0.2, -0.15) is 5.10 Å². The lowest BCUT2D eigenvalue weighted by Crippen LogP contribution is -2.17. The Morgan fingerprint density at radius 3 is 2.35 bits per heavy atom. The van der Waals surface area contributed by atoms with E-state index in [1.54, 1.807) is 30.5 Å². The van der Waals surface area contributed by atoms with Gasteiger partial charge in [-0.25, -0.2) is 18.3 Å². The first kappa shape index (κ1) is 25.9. The van der Waals surface area contributed by atoms with Crippen LogP contribution in [-0.2, 0) is 13.2 Å². The van der Waals surface area contributed by atoms with Crippen molar-refractivity contribution in [3.63, 3.8) is 0 Å². The van der Waals surface area contributed by atoms with E-state index in [0.717, 1.165) is 22.4 Å². The summed E-state index contributed by atoms with van der Waals surface area (Å²) < 4.78 is 36.4. The zero-order chi connectivity index (χ0) is 26.7. The van der Waals surface area contributed by atoms with Crippen LogP contribution < -0.4 is 9.64 Å². The average molecular weight is 506 g/mol. The Kier molecular flexibility index (Phi) is 7.57. The fourth-order valence-electron chi connectivity index (χ4n) is 4.31. The molecule has 4 aromatic rings. The Labute approximate surface area is 214 Å². The second-order valence-electron chi connectivity index (χ2n) is 9.28. The second kappa shape index (κ2) is 10.8. The summed E-state index contributed by atoms with van der Waals surface area (Å²) in [5.41, 5.74) is 4.44. The minimum absolute atomic E-state index is 0.0875. The Balaban J connectivity index is 1.52. The molecule has 0 amide bonds. The van der Waals surface area contributed by atoms with Crippen molar-refractivity contribution in [2.45, 2.75) is 39.8 Å². The Hall–Kier alpha value is -4.20. The van der Waals surface area contributed by atoms with E-state index in [-0.39, 0.29) is 23.8 Å². The molecule has 0 unspecified atom stereocenters. The van der Waals surface area contributed by atoms with Crippen molar-refractivity contribution in [1.82, 2.24) is 9.78 Å². The Bertz CT molecular complexity index is 1390. The lowest BCUT2D eigenvalue weighted by atomic mass is 10.0. The van der Waals surface area contributed by atoms with E-state index in [9.17, 15) is 13.6 Å². The molecule has 3 aromatic carbocycles. The zero-order valence-electron chi connectivity index (χ0n) is 21.2. The van der Waals surface area contributed by atoms with Gasteiger partial charge in [-0.3, -0.25) is 0 Å². The molecule has 0 saturated carbocycles. The number of benzene rings is 3. The molecule has 0 aliphatic rings. The van der Waals surface area contributed by atoms with Gasteiger partial charge in [0.05, 0.1) is 17.5 Å². The third-order valence-corrected chi connectivity index (χ3v) is 6.25. The van der Waals surface area contributed by atoms with Gasteiger partial charge < -0.3 is 14.7 Å². The predicted molar refractivity (Wildman–Crippen MR) is 139 cm³/mol. The lowest BCUT2D eigenvalue weighted by molar-refractivity contribution is 0.0697. The van der Waals surface area contributed by atoms with Crippen LogP contribution >= 0.6 is 0 Å². The average Bonchev–Trinajstić information content (AvgIpc) is 3.26. The molecule has 8 heteroatoms. The number of ether oxygens (including phenoxy) is 1. The molecule has 0 radical (unpaired) electrons. The summed E-state index contributed by atoms with van der Waals surface area (Å²) in [6.07, 6.45) is 1.63. The lowest BCUT2D eigenvalue weighted by Gasteiger charge is -2.22. The molecule has 0 bridgehead atoms. The van der Waals surface area contributed by atoms with Crippen molar-refractivity contribution in [1.29, 1.82) is 0 Å². The third kappa shape index (κ3) is 5.63. The van der Waals surface area contributed by atoms with Crippen LogP contribution in [0.25, 0.3) is 5.69 Å². The molecule has 192 valence electrons. The van der Waals surface area contributed by atoms with Gasteiger partial charge in [0.25, 0.3) is 0 Å². The van der Waals surface area contributed by atoms with E-state index in [2.05, 4.69) is 10.00 Å². The van der Waals surface area contributed by atoms with Crippen molar-refractivity contribution >= 4 is 11.7 Å². The van der Waals surface area contributed by atoms with Crippen LogP contribution in [0.4, 0.5) is 14.5 Å². The van der Waals surface area contributed by atoms with Gasteiger partial charge in [0.2, 0.25) is 0 Å². The van der Waals surface area contributed by atoms with Crippen molar-refractivity contribution in [2.24, 2.45) is 0 Å². The monoisotopic (exact) mass is 505 g/mol. The fourth-order valence-corrected chi connectivity index (χ4v) is 4.31. The van der Waals surface area contributed by atoms with E-state index in [1.165, 1.54) is 22.9 Å². The van der Waals surface area contributed by atoms with Crippen LogP contribution in [0.5, 0.6) is 5.75 Å². The van der Waals surface area contributed by atoms with E-state index < -0.39 is 17.6 Å². The molecule has 0 spiro atoms. The number of carboxylic acid groups (broad SMARTS) is 1. The van der Waals surface area contributed by atoms with Crippen LogP contribution in [0, 0.1) is 18.6 Å². The summed E-state index contributed by atoms with van der Waals surface area (Å²) >= 11 is 0. The van der Waals surface area contributed by atoms with E-state index in [4.69, 9.17) is 9.84 Å². The summed E-state index contributed by atoms with van der Waals surface area (Å²) in [5.74, 6) is -1.63. The van der Waals surface area contributed by atoms with Crippen LogP contribution in [0.3, 0.4) is 0 Å². The van der Waals surface area contributed by atoms with Gasteiger partial charge in [0.15, 0.2) is 11.6 Å². The maximum atomic E-state index is 14.5. The number of carboxylic acids is 1. The Morgan fingerprint density at radius 1 is 1.08 bits per heavy atom. The topological polar surface area (TPSA) is 67.6 Å². The number of hydrogen-bond donors (Lipinski definition) is 1. The summed E-state index contributed by atoms with van der Waals surface area (Å²) in [6, 6.07) is 16.3. The largest absolute Gasteiger partial charge is 0.487 e. The molecule has 0 aliphatic carbocycles. The van der Waals surface area contributed by atoms with Gasteiger partial charge in [-0.15, -0.1) is 0 Å². The third-order valence-electron chi connectivity index (χ3n) is 6.25. The molecular formula is C29H29F2N3O3. The highest BCUT2D eigenvalue weighted by Crippen LogP contribution is 2.29. The number of para-hydroxylation sites is 1. The number of halogens is 2. The number of nitrogens with zero attached hydrogens (tertiary/aromatic N) is 3. The number of anilines is 1. The number of aromatic carboxylic acids is 1. The second-order valence-corrected chi connectivity index (χ2v) is 9.28. The van der Waals surface area contributed by atoms with Gasteiger partial charge in [0, 0.05) is 19.3 Å². The van der Waals surface area contributed by atoms with Gasteiger partial charge in [0.1, 0.15) is 18.0 Å². The summed E-state index contributed by atoms with van der Waals surface area (Å²) in [4.78, 5) is 13.1. The molecule has 37 heavy (non-hydrogen) atoms. The maximum absolute atomic E-state index is 14.5. The number of aromatic nitrogens is 2. The fraction of sp³-hybridized carbons (Fsp3) is 0.241. The minimum Gasteiger partial charge on any atom is -0.487 e. The van der Waals surface area contributed by atoms with E-state index in [1.807, 2.05) is 46.0 Å². The highest BCUT2D eigenvalue weighted by molar-refractivity contribution is 5.87. The summed E-state index contributed by atoms with van der Waals surface area (Å²) in [6.45, 7) is 6.65. The van der Waals surface area contributed by atoms with Crippen molar-refractivity contribution < 1.29 is 23.4 Å². The van der Waals surface area contributed by atoms with E-state index >= 15 is 0 Å². The minimum atomic E-state index is -0.950. The van der Waals surface area contributed by atoms with E-state index in [0.29, 0.717) is 18.0 Å². The number of hydrogen-bond acceptors (Lipinski definition) is 4. The first-order valence-corrected chi connectivity index (χ1v) is 11.9. The highest BCUT2D eigenvalue weighted by Gasteiger charge is 2.20. The molecule has 4 rings (SSSR count). The zero-order valence-corrected chi connectivity index (χ0v) is 21.2. The number of carbonyl (C=O) groups is 1. The molecule has 0 atom stereocenters. The van der Waals surface area contributed by atoms with Crippen LogP contribution in [0.1, 0.15) is 52.5 Å². The molecule has 6 nitrogen and oxygen atoms in total. The predicted octanol–water partition coefficient (Wildman–Crippen LogP) is 6.50. The van der Waals surface area contributed by atoms with Gasteiger partial charge in [-0.1, -0.05) is 32.0 Å². The smallest absolute Gasteiger partial charge is 0.335 e. The summed E-state index contributed by atoms with van der Waals surface area (Å²) in [5, 5.41) is 13.4. The normalized spacial score (nSPS) is 11.1. The van der Waals surface area contributed by atoms with Gasteiger partial charge >= 0.3 is 5.97 Å². The molecule has 0 saturated heterocycles. The first-order chi connectivity index (χ1) is 17.7. The van der Waals surface area contributed by atoms with Crippen molar-refractivity contribution in [2.75, 3.05) is 11.9 Å². The van der Waals surface area contributed by atoms with Crippen molar-refractivity contribution in [3.05, 3.63) is 106 Å². The SMILES string of the molecule is Cc1cc(OCc2c(C(C)C)cnn2-c2c(F)cccc2F)ccc1N(C)Cc1ccc(C(=O)O)cc1. The van der Waals surface area contributed by atoms with Crippen molar-refractivity contribution in [3.8, 4) is 11.4 Å². The standard InChI is InChI=1S/C29H29F2N3O3/c1-18(2)23-15-32-34(28-24(30)6-5-7-25(28)31)27(23)17-37-22-12-13-26(19(3)14-22)33(4)16-20-8-10-21(11-9-20)29(35)36/h5-15,18H,16-17H2,1-4H3,(H,35,36). The van der Waals surface area contributed by atoms with Gasteiger partial charge in [-0.05, 0) is 72.0 Å². The quantitative estimate of drug-likeness (QED) is 0.281. The Morgan fingerprint density at radius 2 is 1.76 bits per heavy atom. The molecule has 1 N–H and O–H groups in total. The van der Waals surface area contributed by atoms with Crippen LogP contribution in [0.15, 0.2) is 66.9 Å². The molecule has 1 heterocycles. The molecule has 0 fully saturated rings. The number of aryl methyl sites for hydroxylation is 1. The molecule has 0 aliphatic heterocycles. The van der Waals surface area contributed by atoms with Crippen LogP contribution in [0.2, 0.25) is 0 Å². The molecule has 1 aromatic heterocycles. The van der Waals surface area contributed by atoms with Crippen LogP contribution in [-0.4, -0.2) is 27.9 Å². The first-order valence-electron chi connectivity index (χ1n) is 11.9. The number of rotatable bonds is 9. The highest BCUT2D eigenvalue weighted by atomic mass is 19.1.